The molecule has 0 bridgehead atoms. The number of aryl methyl sites for hydroxylation is 1. The van der Waals surface area contributed by atoms with Crippen LogP contribution in [0.3, 0.4) is 0 Å². The number of carbonyl (C=O) groups excluding carboxylic acids is 1. The van der Waals surface area contributed by atoms with Crippen molar-refractivity contribution < 1.29 is 9.53 Å². The van der Waals surface area contributed by atoms with E-state index in [0.29, 0.717) is 18.7 Å². The molecule has 21 heavy (non-hydrogen) atoms. The highest BCUT2D eigenvalue weighted by molar-refractivity contribution is 5.97. The lowest BCUT2D eigenvalue weighted by molar-refractivity contribution is -0.0586. The van der Waals surface area contributed by atoms with Crippen LogP contribution < -0.4 is 0 Å². The summed E-state index contributed by atoms with van der Waals surface area (Å²) in [5, 5.41) is 8.20. The van der Waals surface area contributed by atoms with Crippen molar-refractivity contribution >= 4 is 16.9 Å². The molecule has 0 unspecified atom stereocenters. The molecular weight excluding hydrogens is 268 g/mol. The van der Waals surface area contributed by atoms with Crippen LogP contribution in [0.15, 0.2) is 18.2 Å². The summed E-state index contributed by atoms with van der Waals surface area (Å²) in [6.07, 6.45) is 0.143. The Labute approximate surface area is 123 Å². The Kier molecular flexibility index (Phi) is 3.63. The third-order valence-electron chi connectivity index (χ3n) is 3.77. The highest BCUT2D eigenvalue weighted by Gasteiger charge is 2.26. The van der Waals surface area contributed by atoms with Crippen LogP contribution in [0.25, 0.3) is 11.0 Å². The lowest BCUT2D eigenvalue weighted by atomic mass is 10.1. The van der Waals surface area contributed by atoms with Crippen LogP contribution in [0.1, 0.15) is 31.1 Å². The first-order valence-corrected chi connectivity index (χ1v) is 7.36. The topological polar surface area (TPSA) is 60.2 Å². The first-order chi connectivity index (χ1) is 10.1. The predicted octanol–water partition coefficient (Wildman–Crippen LogP) is 1.70. The minimum absolute atomic E-state index is 0.0324. The summed E-state index contributed by atoms with van der Waals surface area (Å²) in [6, 6.07) is 5.59. The van der Waals surface area contributed by atoms with Crippen molar-refractivity contribution in [2.75, 3.05) is 13.1 Å². The van der Waals surface area contributed by atoms with Gasteiger partial charge in [0.15, 0.2) is 0 Å². The number of rotatable bonds is 2. The number of benzene rings is 1. The number of morpholine rings is 1. The molecule has 2 atom stereocenters. The van der Waals surface area contributed by atoms with Gasteiger partial charge in [0.1, 0.15) is 5.52 Å². The Hall–Kier alpha value is -1.95. The third kappa shape index (κ3) is 2.63. The molecular formula is C15H20N4O2. The zero-order chi connectivity index (χ0) is 15.0. The Morgan fingerprint density at radius 2 is 2.05 bits per heavy atom. The van der Waals surface area contributed by atoms with E-state index in [1.807, 2.05) is 48.6 Å². The molecule has 112 valence electrons. The van der Waals surface area contributed by atoms with Crippen molar-refractivity contribution in [2.45, 2.75) is 39.5 Å². The van der Waals surface area contributed by atoms with Crippen LogP contribution in [0.4, 0.5) is 0 Å². The first-order valence-electron chi connectivity index (χ1n) is 7.36. The van der Waals surface area contributed by atoms with Gasteiger partial charge in [-0.25, -0.2) is 4.68 Å². The van der Waals surface area contributed by atoms with Crippen molar-refractivity contribution in [3.05, 3.63) is 23.8 Å². The predicted molar refractivity (Wildman–Crippen MR) is 79.1 cm³/mol. The lowest BCUT2D eigenvalue weighted by Crippen LogP contribution is -2.48. The smallest absolute Gasteiger partial charge is 0.254 e. The maximum Gasteiger partial charge on any atom is 0.254 e. The van der Waals surface area contributed by atoms with Gasteiger partial charge in [-0.2, -0.15) is 0 Å². The summed E-state index contributed by atoms with van der Waals surface area (Å²) in [5.74, 6) is 0.0324. The molecule has 0 spiro atoms. The van der Waals surface area contributed by atoms with E-state index in [2.05, 4.69) is 10.3 Å². The van der Waals surface area contributed by atoms with Gasteiger partial charge in [-0.1, -0.05) is 5.21 Å². The first kappa shape index (κ1) is 14.0. The molecule has 1 aromatic heterocycles. The molecule has 1 aliphatic rings. The van der Waals surface area contributed by atoms with Gasteiger partial charge in [-0.15, -0.1) is 5.10 Å². The van der Waals surface area contributed by atoms with Crippen LogP contribution >= 0.6 is 0 Å². The number of aromatic nitrogens is 3. The van der Waals surface area contributed by atoms with E-state index in [9.17, 15) is 4.79 Å². The van der Waals surface area contributed by atoms with E-state index < -0.39 is 0 Å². The monoisotopic (exact) mass is 288 g/mol. The van der Waals surface area contributed by atoms with Crippen molar-refractivity contribution in [3.8, 4) is 0 Å². The summed E-state index contributed by atoms with van der Waals surface area (Å²) in [5.41, 5.74) is 2.38. The molecule has 2 heterocycles. The van der Waals surface area contributed by atoms with Crippen molar-refractivity contribution in [1.29, 1.82) is 0 Å². The molecule has 6 nitrogen and oxygen atoms in total. The largest absolute Gasteiger partial charge is 0.372 e. The van der Waals surface area contributed by atoms with Gasteiger partial charge in [-0.05, 0) is 39.0 Å². The van der Waals surface area contributed by atoms with Crippen LogP contribution in [0.5, 0.6) is 0 Å². The van der Waals surface area contributed by atoms with Crippen LogP contribution in [0.2, 0.25) is 0 Å². The standard InChI is InChI=1S/C15H20N4O2/c1-4-19-14-6-5-12(7-13(14)16-17-19)15(20)18-8-10(2)21-11(3)9-18/h5-7,10-11H,4,8-9H2,1-3H3/t10-,11-/m1/s1. The Balaban J connectivity index is 1.87. The molecule has 1 amide bonds. The Morgan fingerprint density at radius 3 is 2.71 bits per heavy atom. The quantitative estimate of drug-likeness (QED) is 0.844. The maximum absolute atomic E-state index is 12.6. The van der Waals surface area contributed by atoms with Crippen LogP contribution in [-0.4, -0.2) is 51.1 Å². The second-order valence-corrected chi connectivity index (χ2v) is 5.58. The summed E-state index contributed by atoms with van der Waals surface area (Å²) >= 11 is 0. The molecule has 0 radical (unpaired) electrons. The number of fused-ring (bicyclic) bond motifs is 1. The summed E-state index contributed by atoms with van der Waals surface area (Å²) in [6.45, 7) is 8.02. The SMILES string of the molecule is CCn1nnc2cc(C(=O)N3C[C@@H](C)O[C@H](C)C3)ccc21. The van der Waals surface area contributed by atoms with Crippen LogP contribution in [-0.2, 0) is 11.3 Å². The van der Waals surface area contributed by atoms with Gasteiger partial charge >= 0.3 is 0 Å². The van der Waals surface area contributed by atoms with Gasteiger partial charge in [-0.3, -0.25) is 4.79 Å². The van der Waals surface area contributed by atoms with E-state index in [1.54, 1.807) is 0 Å². The number of amides is 1. The molecule has 1 saturated heterocycles. The second-order valence-electron chi connectivity index (χ2n) is 5.58. The van der Waals surface area contributed by atoms with Gasteiger partial charge in [0.25, 0.3) is 5.91 Å². The van der Waals surface area contributed by atoms with E-state index in [0.717, 1.165) is 17.6 Å². The second kappa shape index (κ2) is 5.44. The highest BCUT2D eigenvalue weighted by Crippen LogP contribution is 2.18. The van der Waals surface area contributed by atoms with Crippen molar-refractivity contribution in [2.24, 2.45) is 0 Å². The van der Waals surface area contributed by atoms with Gasteiger partial charge in [0.05, 0.1) is 17.7 Å². The molecule has 2 aromatic rings. The fraction of sp³-hybridized carbons (Fsp3) is 0.533. The van der Waals surface area contributed by atoms with E-state index in [-0.39, 0.29) is 18.1 Å². The van der Waals surface area contributed by atoms with E-state index >= 15 is 0 Å². The minimum atomic E-state index is 0.0324. The number of carbonyl (C=O) groups is 1. The van der Waals surface area contributed by atoms with Crippen molar-refractivity contribution in [3.63, 3.8) is 0 Å². The third-order valence-corrected chi connectivity index (χ3v) is 3.77. The molecule has 0 aliphatic carbocycles. The zero-order valence-electron chi connectivity index (χ0n) is 12.6. The Morgan fingerprint density at radius 1 is 1.33 bits per heavy atom. The van der Waals surface area contributed by atoms with Crippen molar-refractivity contribution in [1.82, 2.24) is 19.9 Å². The normalized spacial score (nSPS) is 22.7. The summed E-state index contributed by atoms with van der Waals surface area (Å²) in [4.78, 5) is 14.5. The summed E-state index contributed by atoms with van der Waals surface area (Å²) in [7, 11) is 0. The highest BCUT2D eigenvalue weighted by atomic mass is 16.5. The van der Waals surface area contributed by atoms with E-state index in [1.165, 1.54) is 0 Å². The average Bonchev–Trinajstić information content (AvgIpc) is 2.87. The number of hydrogen-bond donors (Lipinski definition) is 0. The fourth-order valence-corrected chi connectivity index (χ4v) is 2.87. The van der Waals surface area contributed by atoms with Gasteiger partial charge in [0, 0.05) is 25.2 Å². The number of nitrogens with zero attached hydrogens (tertiary/aromatic N) is 4. The molecule has 0 N–H and O–H groups in total. The molecule has 3 rings (SSSR count). The van der Waals surface area contributed by atoms with Gasteiger partial charge < -0.3 is 9.64 Å². The molecule has 1 aliphatic heterocycles. The molecule has 1 aromatic carbocycles. The summed E-state index contributed by atoms with van der Waals surface area (Å²) < 4.78 is 7.49. The minimum Gasteiger partial charge on any atom is -0.372 e. The van der Waals surface area contributed by atoms with Crippen LogP contribution in [0, 0.1) is 0 Å². The Bertz CT molecular complexity index is 657. The molecule has 0 saturated carbocycles. The van der Waals surface area contributed by atoms with E-state index in [4.69, 9.17) is 4.74 Å². The molecule has 6 heteroatoms. The van der Waals surface area contributed by atoms with Gasteiger partial charge in [0.2, 0.25) is 0 Å². The maximum atomic E-state index is 12.6. The number of hydrogen-bond acceptors (Lipinski definition) is 4. The zero-order valence-corrected chi connectivity index (χ0v) is 12.6. The fourth-order valence-electron chi connectivity index (χ4n) is 2.87. The lowest BCUT2D eigenvalue weighted by Gasteiger charge is -2.35. The average molecular weight is 288 g/mol. The molecule has 1 fully saturated rings. The number of ether oxygens (including phenoxy) is 1.